The highest BCUT2D eigenvalue weighted by Crippen LogP contribution is 2.36. The second-order valence-corrected chi connectivity index (χ2v) is 10.4. The van der Waals surface area contributed by atoms with Gasteiger partial charge >= 0.3 is 0 Å². The Morgan fingerprint density at radius 1 is 1.21 bits per heavy atom. The first-order chi connectivity index (χ1) is 13.9. The van der Waals surface area contributed by atoms with E-state index in [0.717, 1.165) is 31.4 Å². The number of aromatic nitrogens is 1. The van der Waals surface area contributed by atoms with E-state index in [4.69, 9.17) is 0 Å². The molecule has 2 aromatic rings. The fourth-order valence-electron chi connectivity index (χ4n) is 3.82. The van der Waals surface area contributed by atoms with Gasteiger partial charge in [-0.25, -0.2) is 8.42 Å². The van der Waals surface area contributed by atoms with Crippen molar-refractivity contribution in [3.8, 4) is 0 Å². The molecule has 2 fully saturated rings. The molecule has 1 unspecified atom stereocenters. The van der Waals surface area contributed by atoms with E-state index in [1.54, 1.807) is 18.3 Å². The summed E-state index contributed by atoms with van der Waals surface area (Å²) in [6.07, 6.45) is 5.37. The lowest BCUT2D eigenvalue weighted by Gasteiger charge is -2.29. The quantitative estimate of drug-likeness (QED) is 0.630. The van der Waals surface area contributed by atoms with E-state index in [0.29, 0.717) is 23.1 Å². The highest BCUT2D eigenvalue weighted by Gasteiger charge is 2.38. The Morgan fingerprint density at radius 3 is 2.55 bits per heavy atom. The monoisotopic (exact) mass is 477 g/mol. The van der Waals surface area contributed by atoms with Gasteiger partial charge in [-0.1, -0.05) is 6.07 Å². The molecule has 0 bridgehead atoms. The van der Waals surface area contributed by atoms with Crippen molar-refractivity contribution in [1.82, 2.24) is 14.2 Å². The molecular weight excluding hydrogens is 454 g/mol. The summed E-state index contributed by atoms with van der Waals surface area (Å²) in [5.41, 5.74) is 1.20. The van der Waals surface area contributed by atoms with E-state index in [1.807, 2.05) is 30.0 Å². The Balaban J connectivity index is 1.68. The van der Waals surface area contributed by atoms with Gasteiger partial charge in [0.05, 0.1) is 22.2 Å². The number of amides is 1. The Morgan fingerprint density at radius 2 is 1.93 bits per heavy atom. The van der Waals surface area contributed by atoms with E-state index >= 15 is 0 Å². The predicted octanol–water partition coefficient (Wildman–Crippen LogP) is 3.99. The lowest BCUT2D eigenvalue weighted by atomic mass is 10.1. The minimum absolute atomic E-state index is 0.158. The summed E-state index contributed by atoms with van der Waals surface area (Å²) < 4.78 is 28.0. The molecule has 1 atom stereocenters. The van der Waals surface area contributed by atoms with Crippen LogP contribution in [-0.4, -0.2) is 47.6 Å². The summed E-state index contributed by atoms with van der Waals surface area (Å²) in [5.74, 6) is -0.170. The van der Waals surface area contributed by atoms with Crippen molar-refractivity contribution >= 4 is 31.9 Å². The van der Waals surface area contributed by atoms with Gasteiger partial charge in [0.1, 0.15) is 0 Å². The number of halogens is 1. The zero-order valence-corrected chi connectivity index (χ0v) is 18.7. The van der Waals surface area contributed by atoms with Crippen LogP contribution < -0.4 is 0 Å². The second-order valence-electron chi connectivity index (χ2n) is 7.63. The Hall–Kier alpha value is -1.77. The third kappa shape index (κ3) is 4.11. The summed E-state index contributed by atoms with van der Waals surface area (Å²) in [4.78, 5) is 19.9. The zero-order valence-electron chi connectivity index (χ0n) is 16.3. The number of hydrogen-bond donors (Lipinski definition) is 0. The third-order valence-corrected chi connectivity index (χ3v) is 8.17. The average molecular weight is 478 g/mol. The van der Waals surface area contributed by atoms with Gasteiger partial charge < -0.3 is 4.90 Å². The van der Waals surface area contributed by atoms with Crippen LogP contribution in [0.15, 0.2) is 52.0 Å². The van der Waals surface area contributed by atoms with Crippen molar-refractivity contribution in [3.63, 3.8) is 0 Å². The second kappa shape index (κ2) is 8.16. The van der Waals surface area contributed by atoms with Gasteiger partial charge in [0.2, 0.25) is 10.0 Å². The number of pyridine rings is 1. The minimum Gasteiger partial charge on any atom is -0.327 e. The smallest absolute Gasteiger partial charge is 0.255 e. The van der Waals surface area contributed by atoms with Crippen LogP contribution in [0.1, 0.15) is 54.7 Å². The molecule has 0 radical (unpaired) electrons. The van der Waals surface area contributed by atoms with E-state index in [9.17, 15) is 13.2 Å². The first-order valence-corrected chi connectivity index (χ1v) is 12.2. The Bertz CT molecular complexity index is 1000. The first-order valence-electron chi connectivity index (χ1n) is 9.93. The predicted molar refractivity (Wildman–Crippen MR) is 114 cm³/mol. The van der Waals surface area contributed by atoms with Gasteiger partial charge in [0.25, 0.3) is 5.91 Å². The van der Waals surface area contributed by atoms with Gasteiger partial charge in [0, 0.05) is 29.8 Å². The van der Waals surface area contributed by atoms with E-state index < -0.39 is 10.0 Å². The van der Waals surface area contributed by atoms with Crippen LogP contribution in [0, 0.1) is 0 Å². The molecule has 2 aliphatic rings. The molecule has 6 nitrogen and oxygen atoms in total. The molecule has 1 aliphatic carbocycles. The number of sulfonamides is 1. The molecule has 0 spiro atoms. The summed E-state index contributed by atoms with van der Waals surface area (Å²) in [6.45, 7) is 3.04. The fraction of sp³-hybridized carbons (Fsp3) is 0.429. The third-order valence-electron chi connectivity index (χ3n) is 5.58. The van der Waals surface area contributed by atoms with Gasteiger partial charge in [-0.15, -0.1) is 0 Å². The summed E-state index contributed by atoms with van der Waals surface area (Å²) in [5, 5.41) is 0. The van der Waals surface area contributed by atoms with Crippen LogP contribution in [0.25, 0.3) is 0 Å². The maximum absolute atomic E-state index is 13.5. The van der Waals surface area contributed by atoms with Gasteiger partial charge in [0.15, 0.2) is 0 Å². The first kappa shape index (κ1) is 20.5. The van der Waals surface area contributed by atoms with E-state index in [1.165, 1.54) is 10.4 Å². The molecule has 0 N–H and O–H groups in total. The molecule has 8 heteroatoms. The molecule has 1 aromatic heterocycles. The molecule has 1 saturated heterocycles. The SMILES string of the molecule is CC(c1ccccn1)N(C(=O)c1cc(S(=O)(=O)N2CCCC2)ccc1Br)C1CC1. The molecule has 4 rings (SSSR count). The van der Waals surface area contributed by atoms with Crippen molar-refractivity contribution in [2.45, 2.75) is 49.6 Å². The highest BCUT2D eigenvalue weighted by atomic mass is 79.9. The molecule has 1 aromatic carbocycles. The largest absolute Gasteiger partial charge is 0.327 e. The molecule has 29 heavy (non-hydrogen) atoms. The average Bonchev–Trinajstić information content (AvgIpc) is 3.38. The lowest BCUT2D eigenvalue weighted by Crippen LogP contribution is -2.36. The number of carbonyl (C=O) groups excluding carboxylic acids is 1. The van der Waals surface area contributed by atoms with Gasteiger partial charge in [-0.05, 0) is 78.9 Å². The molecule has 1 saturated carbocycles. The topological polar surface area (TPSA) is 70.6 Å². The van der Waals surface area contributed by atoms with Crippen molar-refractivity contribution < 1.29 is 13.2 Å². The molecule has 154 valence electrons. The standard InChI is InChI=1S/C21H24BrN3O3S/c1-15(20-6-2-3-11-23-20)25(16-7-8-16)21(26)18-14-17(9-10-19(18)22)29(27,28)24-12-4-5-13-24/h2-3,6,9-11,14-16H,4-5,7-8,12-13H2,1H3. The summed E-state index contributed by atoms with van der Waals surface area (Å²) in [6, 6.07) is 10.4. The van der Waals surface area contributed by atoms with Crippen LogP contribution in [0.4, 0.5) is 0 Å². The van der Waals surface area contributed by atoms with Crippen LogP contribution in [0.5, 0.6) is 0 Å². The van der Waals surface area contributed by atoms with E-state index in [2.05, 4.69) is 20.9 Å². The van der Waals surface area contributed by atoms with Crippen molar-refractivity contribution in [2.24, 2.45) is 0 Å². The van der Waals surface area contributed by atoms with Crippen LogP contribution in [0.3, 0.4) is 0 Å². The molecule has 1 amide bonds. The van der Waals surface area contributed by atoms with Crippen molar-refractivity contribution in [2.75, 3.05) is 13.1 Å². The molecule has 1 aliphatic heterocycles. The van der Waals surface area contributed by atoms with Crippen molar-refractivity contribution in [1.29, 1.82) is 0 Å². The normalized spacial score (nSPS) is 18.6. The highest BCUT2D eigenvalue weighted by molar-refractivity contribution is 9.10. The van der Waals surface area contributed by atoms with Gasteiger partial charge in [-0.2, -0.15) is 4.31 Å². The number of rotatable bonds is 6. The lowest BCUT2D eigenvalue weighted by molar-refractivity contribution is 0.0669. The maximum Gasteiger partial charge on any atom is 0.255 e. The van der Waals surface area contributed by atoms with Crippen LogP contribution >= 0.6 is 15.9 Å². The van der Waals surface area contributed by atoms with Gasteiger partial charge in [-0.3, -0.25) is 9.78 Å². The Labute approximate surface area is 180 Å². The number of benzene rings is 1. The maximum atomic E-state index is 13.5. The number of carbonyl (C=O) groups is 1. The van der Waals surface area contributed by atoms with Crippen LogP contribution in [-0.2, 0) is 10.0 Å². The Kier molecular flexibility index (Phi) is 5.77. The molecular formula is C21H24BrN3O3S. The number of hydrogen-bond acceptors (Lipinski definition) is 4. The summed E-state index contributed by atoms with van der Waals surface area (Å²) >= 11 is 3.45. The van der Waals surface area contributed by atoms with Crippen molar-refractivity contribution in [3.05, 3.63) is 58.3 Å². The minimum atomic E-state index is -3.58. The fourth-order valence-corrected chi connectivity index (χ4v) is 5.78. The van der Waals surface area contributed by atoms with Crippen LogP contribution in [0.2, 0.25) is 0 Å². The summed E-state index contributed by atoms with van der Waals surface area (Å²) in [7, 11) is -3.58. The van der Waals surface area contributed by atoms with E-state index in [-0.39, 0.29) is 22.9 Å². The zero-order chi connectivity index (χ0) is 20.6. The number of nitrogens with zero attached hydrogens (tertiary/aromatic N) is 3. The molecule has 2 heterocycles.